The van der Waals surface area contributed by atoms with Gasteiger partial charge in [0.1, 0.15) is 5.69 Å². The molecular weight excluding hydrogens is 302 g/mol. The first-order valence-electron chi connectivity index (χ1n) is 8.32. The topological polar surface area (TPSA) is 93.8 Å². The lowest BCUT2D eigenvalue weighted by molar-refractivity contribution is 0.0925. The second kappa shape index (κ2) is 6.55. The summed E-state index contributed by atoms with van der Waals surface area (Å²) in [4.78, 5) is 25.5. The van der Waals surface area contributed by atoms with Crippen molar-refractivity contribution < 1.29 is 4.79 Å². The molecule has 0 bridgehead atoms. The van der Waals surface area contributed by atoms with Crippen molar-refractivity contribution in [2.75, 3.05) is 5.73 Å². The van der Waals surface area contributed by atoms with E-state index in [1.54, 1.807) is 12.3 Å². The third-order valence-electron chi connectivity index (χ3n) is 4.31. The van der Waals surface area contributed by atoms with Gasteiger partial charge < -0.3 is 11.1 Å². The standard InChI is InChI=1S/C18H23N5O/c1-10(2)13-9-14(22-18(19)21-13)17(24)23-16(12-6-7-12)15-11(3)5-4-8-20-15/h4-5,8-10,12,16H,6-7H2,1-3H3,(H,23,24)(H2,19,21,22)/t16-/m1/s1. The predicted molar refractivity (Wildman–Crippen MR) is 92.4 cm³/mol. The van der Waals surface area contributed by atoms with Crippen molar-refractivity contribution in [3.8, 4) is 0 Å². The summed E-state index contributed by atoms with van der Waals surface area (Å²) in [5.74, 6) is 0.515. The largest absolute Gasteiger partial charge is 0.368 e. The summed E-state index contributed by atoms with van der Waals surface area (Å²) >= 11 is 0. The highest BCUT2D eigenvalue weighted by Gasteiger charge is 2.35. The summed E-state index contributed by atoms with van der Waals surface area (Å²) in [5.41, 5.74) is 8.85. The maximum atomic E-state index is 12.7. The van der Waals surface area contributed by atoms with Crippen LogP contribution in [0, 0.1) is 12.8 Å². The first kappa shape index (κ1) is 16.4. The van der Waals surface area contributed by atoms with Gasteiger partial charge in [0, 0.05) is 11.9 Å². The molecule has 3 N–H and O–H groups in total. The summed E-state index contributed by atoms with van der Waals surface area (Å²) < 4.78 is 0. The van der Waals surface area contributed by atoms with E-state index in [0.29, 0.717) is 11.6 Å². The molecule has 0 spiro atoms. The fourth-order valence-corrected chi connectivity index (χ4v) is 2.78. The number of carbonyl (C=O) groups is 1. The minimum Gasteiger partial charge on any atom is -0.368 e. The van der Waals surface area contributed by atoms with Crippen LogP contribution in [0.1, 0.15) is 66.1 Å². The molecule has 6 nitrogen and oxygen atoms in total. The lowest BCUT2D eigenvalue weighted by Gasteiger charge is -2.19. The zero-order valence-corrected chi connectivity index (χ0v) is 14.3. The number of nitrogen functional groups attached to an aromatic ring is 1. The van der Waals surface area contributed by atoms with E-state index in [-0.39, 0.29) is 23.8 Å². The molecule has 1 aliphatic rings. The highest BCUT2D eigenvalue weighted by atomic mass is 16.2. The Morgan fingerprint density at radius 3 is 2.71 bits per heavy atom. The lowest BCUT2D eigenvalue weighted by atomic mass is 10.0. The smallest absolute Gasteiger partial charge is 0.270 e. The maximum absolute atomic E-state index is 12.7. The molecule has 126 valence electrons. The fraction of sp³-hybridized carbons (Fsp3) is 0.444. The number of nitrogens with two attached hydrogens (primary N) is 1. The number of aromatic nitrogens is 3. The van der Waals surface area contributed by atoms with Gasteiger partial charge in [0.25, 0.3) is 5.91 Å². The molecule has 1 aliphatic carbocycles. The molecule has 2 aromatic rings. The number of nitrogens with zero attached hydrogens (tertiary/aromatic N) is 3. The van der Waals surface area contributed by atoms with Crippen LogP contribution in [-0.4, -0.2) is 20.9 Å². The number of nitrogens with one attached hydrogen (secondary N) is 1. The number of pyridine rings is 1. The van der Waals surface area contributed by atoms with Gasteiger partial charge in [-0.25, -0.2) is 9.97 Å². The van der Waals surface area contributed by atoms with Gasteiger partial charge in [-0.2, -0.15) is 0 Å². The summed E-state index contributed by atoms with van der Waals surface area (Å²) in [6.07, 6.45) is 3.97. The normalized spacial score (nSPS) is 15.3. The average Bonchev–Trinajstić information content (AvgIpc) is 3.37. The molecule has 2 heterocycles. The van der Waals surface area contributed by atoms with Crippen LogP contribution in [0.3, 0.4) is 0 Å². The van der Waals surface area contributed by atoms with E-state index in [1.807, 2.05) is 32.9 Å². The van der Waals surface area contributed by atoms with E-state index in [0.717, 1.165) is 29.8 Å². The molecule has 1 amide bonds. The van der Waals surface area contributed by atoms with Crippen LogP contribution in [0.2, 0.25) is 0 Å². The zero-order valence-electron chi connectivity index (χ0n) is 14.3. The highest BCUT2D eigenvalue weighted by Crippen LogP contribution is 2.41. The molecule has 1 fully saturated rings. The number of rotatable bonds is 5. The number of amides is 1. The number of anilines is 1. The molecule has 2 aromatic heterocycles. The second-order valence-electron chi connectivity index (χ2n) is 6.69. The van der Waals surface area contributed by atoms with Gasteiger partial charge >= 0.3 is 0 Å². The van der Waals surface area contributed by atoms with Crippen LogP contribution in [0.5, 0.6) is 0 Å². The Morgan fingerprint density at radius 2 is 2.08 bits per heavy atom. The Morgan fingerprint density at radius 1 is 1.33 bits per heavy atom. The van der Waals surface area contributed by atoms with E-state index in [2.05, 4.69) is 20.3 Å². The first-order valence-corrected chi connectivity index (χ1v) is 8.32. The number of carbonyl (C=O) groups excluding carboxylic acids is 1. The lowest BCUT2D eigenvalue weighted by Crippen LogP contribution is -2.32. The van der Waals surface area contributed by atoms with Gasteiger partial charge in [0.15, 0.2) is 0 Å². The minimum atomic E-state index is -0.229. The van der Waals surface area contributed by atoms with Crippen LogP contribution in [0.15, 0.2) is 24.4 Å². The average molecular weight is 325 g/mol. The van der Waals surface area contributed by atoms with Gasteiger partial charge in [-0.1, -0.05) is 19.9 Å². The van der Waals surface area contributed by atoms with Gasteiger partial charge in [-0.15, -0.1) is 0 Å². The van der Waals surface area contributed by atoms with Gasteiger partial charge in [0.05, 0.1) is 11.7 Å². The summed E-state index contributed by atoms with van der Waals surface area (Å²) in [5, 5.41) is 3.10. The number of aryl methyl sites for hydroxylation is 1. The Kier molecular flexibility index (Phi) is 4.46. The van der Waals surface area contributed by atoms with Crippen molar-refractivity contribution in [2.45, 2.75) is 45.6 Å². The van der Waals surface area contributed by atoms with Crippen molar-refractivity contribution in [1.29, 1.82) is 0 Å². The fourth-order valence-electron chi connectivity index (χ4n) is 2.78. The van der Waals surface area contributed by atoms with Crippen molar-refractivity contribution in [2.24, 2.45) is 5.92 Å². The van der Waals surface area contributed by atoms with E-state index >= 15 is 0 Å². The third kappa shape index (κ3) is 3.53. The highest BCUT2D eigenvalue weighted by molar-refractivity contribution is 5.93. The molecule has 0 radical (unpaired) electrons. The van der Waals surface area contributed by atoms with E-state index < -0.39 is 0 Å². The number of hydrogen-bond acceptors (Lipinski definition) is 5. The predicted octanol–water partition coefficient (Wildman–Crippen LogP) is 2.77. The molecule has 0 aromatic carbocycles. The molecule has 0 aliphatic heterocycles. The Labute approximate surface area is 141 Å². The van der Waals surface area contributed by atoms with Gasteiger partial charge in [-0.3, -0.25) is 9.78 Å². The molecule has 6 heteroatoms. The summed E-state index contributed by atoms with van der Waals surface area (Å²) in [7, 11) is 0. The van der Waals surface area contributed by atoms with Crippen LogP contribution in [-0.2, 0) is 0 Å². The summed E-state index contributed by atoms with van der Waals surface area (Å²) in [6, 6.07) is 5.55. The SMILES string of the molecule is Cc1cccnc1[C@H](NC(=O)c1cc(C(C)C)nc(N)n1)C1CC1. The first-order chi connectivity index (χ1) is 11.5. The van der Waals surface area contributed by atoms with Crippen LogP contribution >= 0.6 is 0 Å². The van der Waals surface area contributed by atoms with Crippen LogP contribution in [0.25, 0.3) is 0 Å². The molecule has 24 heavy (non-hydrogen) atoms. The molecule has 0 unspecified atom stereocenters. The maximum Gasteiger partial charge on any atom is 0.270 e. The Hall–Kier alpha value is -2.50. The summed E-state index contributed by atoms with van der Waals surface area (Å²) in [6.45, 7) is 6.03. The van der Waals surface area contributed by atoms with E-state index in [9.17, 15) is 4.79 Å². The van der Waals surface area contributed by atoms with Gasteiger partial charge in [0.2, 0.25) is 5.95 Å². The van der Waals surface area contributed by atoms with E-state index in [1.165, 1.54) is 0 Å². The number of hydrogen-bond donors (Lipinski definition) is 2. The van der Waals surface area contributed by atoms with Crippen LogP contribution in [0.4, 0.5) is 5.95 Å². The third-order valence-corrected chi connectivity index (χ3v) is 4.31. The Balaban J connectivity index is 1.86. The van der Waals surface area contributed by atoms with Crippen molar-refractivity contribution in [3.63, 3.8) is 0 Å². The quantitative estimate of drug-likeness (QED) is 0.881. The second-order valence-corrected chi connectivity index (χ2v) is 6.69. The molecule has 0 saturated heterocycles. The zero-order chi connectivity index (χ0) is 17.3. The van der Waals surface area contributed by atoms with Gasteiger partial charge in [-0.05, 0) is 49.3 Å². The minimum absolute atomic E-state index is 0.0858. The van der Waals surface area contributed by atoms with Crippen molar-refractivity contribution in [3.05, 3.63) is 47.0 Å². The monoisotopic (exact) mass is 325 g/mol. The van der Waals surface area contributed by atoms with E-state index in [4.69, 9.17) is 5.73 Å². The Bertz CT molecular complexity index is 755. The molecule has 1 saturated carbocycles. The molecule has 3 rings (SSSR count). The van der Waals surface area contributed by atoms with Crippen molar-refractivity contribution >= 4 is 11.9 Å². The van der Waals surface area contributed by atoms with Crippen molar-refractivity contribution in [1.82, 2.24) is 20.3 Å². The molecular formula is C18H23N5O. The van der Waals surface area contributed by atoms with Crippen LogP contribution < -0.4 is 11.1 Å². The molecule has 1 atom stereocenters.